The fraction of sp³-hybridized carbons (Fsp3) is 0.647. The van der Waals surface area contributed by atoms with E-state index in [-0.39, 0.29) is 0 Å². The molecular weight excluding hydrogens is 268 g/mol. The maximum atomic E-state index is 6.12. The molecule has 0 radical (unpaired) electrons. The summed E-state index contributed by atoms with van der Waals surface area (Å²) < 4.78 is 0. The van der Waals surface area contributed by atoms with E-state index in [1.165, 1.54) is 18.5 Å². The van der Waals surface area contributed by atoms with Gasteiger partial charge in [-0.15, -0.1) is 0 Å². The summed E-state index contributed by atoms with van der Waals surface area (Å²) in [6.45, 7) is 10.3. The highest BCUT2D eigenvalue weighted by molar-refractivity contribution is 6.30. The van der Waals surface area contributed by atoms with E-state index in [1.807, 2.05) is 12.1 Å². The van der Waals surface area contributed by atoms with Gasteiger partial charge in [-0.25, -0.2) is 0 Å². The molecule has 1 N–H and O–H groups in total. The van der Waals surface area contributed by atoms with Gasteiger partial charge in [0.05, 0.1) is 0 Å². The van der Waals surface area contributed by atoms with Gasteiger partial charge < -0.3 is 10.2 Å². The summed E-state index contributed by atoms with van der Waals surface area (Å²) in [4.78, 5) is 2.62. The predicted octanol–water partition coefficient (Wildman–Crippen LogP) is 4.11. The molecule has 3 atom stereocenters. The molecule has 2 nitrogen and oxygen atoms in total. The third-order valence-corrected chi connectivity index (χ3v) is 4.55. The van der Waals surface area contributed by atoms with Crippen LogP contribution < -0.4 is 5.32 Å². The normalized spacial score (nSPS) is 25.0. The molecule has 2 rings (SSSR count). The number of benzene rings is 1. The smallest absolute Gasteiger partial charge is 0.0409 e. The Morgan fingerprint density at radius 3 is 2.80 bits per heavy atom. The maximum absolute atomic E-state index is 6.12. The lowest BCUT2D eigenvalue weighted by molar-refractivity contribution is 0.249. The highest BCUT2D eigenvalue weighted by Crippen LogP contribution is 2.25. The third-order valence-electron chi connectivity index (χ3n) is 4.32. The topological polar surface area (TPSA) is 15.3 Å². The summed E-state index contributed by atoms with van der Waals surface area (Å²) in [5.74, 6) is 0.841. The minimum absolute atomic E-state index is 0.404. The van der Waals surface area contributed by atoms with Gasteiger partial charge in [-0.3, -0.25) is 0 Å². The van der Waals surface area contributed by atoms with Crippen LogP contribution in [0.2, 0.25) is 5.02 Å². The summed E-state index contributed by atoms with van der Waals surface area (Å²) in [7, 11) is 0. The number of hydrogen-bond acceptors (Lipinski definition) is 2. The second kappa shape index (κ2) is 7.44. The van der Waals surface area contributed by atoms with Crippen LogP contribution in [-0.4, -0.2) is 30.6 Å². The average molecular weight is 295 g/mol. The second-order valence-corrected chi connectivity index (χ2v) is 6.58. The van der Waals surface area contributed by atoms with Crippen molar-refractivity contribution in [2.24, 2.45) is 5.92 Å². The van der Waals surface area contributed by atoms with E-state index >= 15 is 0 Å². The van der Waals surface area contributed by atoms with E-state index < -0.39 is 0 Å². The van der Waals surface area contributed by atoms with Gasteiger partial charge in [0, 0.05) is 30.2 Å². The Morgan fingerprint density at radius 2 is 2.20 bits per heavy atom. The molecule has 112 valence electrons. The summed E-state index contributed by atoms with van der Waals surface area (Å²) in [5.41, 5.74) is 1.30. The molecule has 1 heterocycles. The minimum Gasteiger partial charge on any atom is -0.310 e. The SMILES string of the molecule is CCNC(CCN1CC(C)CC1C)c1cccc(Cl)c1. The van der Waals surface area contributed by atoms with Crippen LogP contribution in [0, 0.1) is 5.92 Å². The lowest BCUT2D eigenvalue weighted by Crippen LogP contribution is -2.32. The van der Waals surface area contributed by atoms with E-state index in [9.17, 15) is 0 Å². The van der Waals surface area contributed by atoms with E-state index in [2.05, 4.69) is 43.1 Å². The first-order valence-electron chi connectivity index (χ1n) is 7.83. The van der Waals surface area contributed by atoms with Crippen LogP contribution in [0.3, 0.4) is 0 Å². The van der Waals surface area contributed by atoms with Gasteiger partial charge >= 0.3 is 0 Å². The molecule has 20 heavy (non-hydrogen) atoms. The Bertz CT molecular complexity index is 421. The zero-order valence-corrected chi connectivity index (χ0v) is 13.7. The van der Waals surface area contributed by atoms with Crippen molar-refractivity contribution in [3.63, 3.8) is 0 Å². The lowest BCUT2D eigenvalue weighted by atomic mass is 10.0. The first-order valence-corrected chi connectivity index (χ1v) is 8.20. The molecule has 0 aromatic heterocycles. The molecule has 1 aliphatic rings. The Morgan fingerprint density at radius 1 is 1.40 bits per heavy atom. The van der Waals surface area contributed by atoms with Gasteiger partial charge in [0.15, 0.2) is 0 Å². The number of likely N-dealkylation sites (tertiary alicyclic amines) is 1. The van der Waals surface area contributed by atoms with Gasteiger partial charge in [-0.05, 0) is 49.9 Å². The monoisotopic (exact) mass is 294 g/mol. The van der Waals surface area contributed by atoms with Gasteiger partial charge in [-0.2, -0.15) is 0 Å². The molecule has 3 heteroatoms. The molecule has 1 fully saturated rings. The molecule has 1 aliphatic heterocycles. The molecule has 3 unspecified atom stereocenters. The van der Waals surface area contributed by atoms with Crippen molar-refractivity contribution in [1.82, 2.24) is 10.2 Å². The van der Waals surface area contributed by atoms with E-state index in [4.69, 9.17) is 11.6 Å². The Kier molecular flexibility index (Phi) is 5.88. The largest absolute Gasteiger partial charge is 0.310 e. The molecule has 0 amide bonds. The number of hydrogen-bond donors (Lipinski definition) is 1. The number of nitrogens with zero attached hydrogens (tertiary/aromatic N) is 1. The summed E-state index contributed by atoms with van der Waals surface area (Å²) in [6, 6.07) is 9.38. The van der Waals surface area contributed by atoms with Crippen molar-refractivity contribution >= 4 is 11.6 Å². The molecule has 0 bridgehead atoms. The lowest BCUT2D eigenvalue weighted by Gasteiger charge is -2.25. The first-order chi connectivity index (χ1) is 9.60. The fourth-order valence-corrected chi connectivity index (χ4v) is 3.55. The van der Waals surface area contributed by atoms with Gasteiger partial charge in [-0.1, -0.05) is 37.6 Å². The molecule has 1 saturated heterocycles. The standard InChI is InChI=1S/C17H27ClN2/c1-4-19-17(15-6-5-7-16(18)11-15)8-9-20-12-13(2)10-14(20)3/h5-7,11,13-14,17,19H,4,8-10,12H2,1-3H3. The van der Waals surface area contributed by atoms with Crippen LogP contribution >= 0.6 is 11.6 Å². The van der Waals surface area contributed by atoms with Crippen molar-refractivity contribution in [3.05, 3.63) is 34.9 Å². The van der Waals surface area contributed by atoms with E-state index in [1.54, 1.807) is 0 Å². The molecule has 0 aliphatic carbocycles. The van der Waals surface area contributed by atoms with Crippen molar-refractivity contribution in [1.29, 1.82) is 0 Å². The van der Waals surface area contributed by atoms with Crippen molar-refractivity contribution in [3.8, 4) is 0 Å². The zero-order valence-electron chi connectivity index (χ0n) is 12.9. The van der Waals surface area contributed by atoms with Crippen molar-refractivity contribution in [2.75, 3.05) is 19.6 Å². The Balaban J connectivity index is 1.96. The van der Waals surface area contributed by atoms with Crippen molar-refractivity contribution < 1.29 is 0 Å². The van der Waals surface area contributed by atoms with Crippen LogP contribution in [0.1, 0.15) is 45.2 Å². The maximum Gasteiger partial charge on any atom is 0.0409 e. The zero-order chi connectivity index (χ0) is 14.5. The number of rotatable bonds is 6. The fourth-order valence-electron chi connectivity index (χ4n) is 3.35. The minimum atomic E-state index is 0.404. The highest BCUT2D eigenvalue weighted by atomic mass is 35.5. The summed E-state index contributed by atoms with van der Waals surface area (Å²) in [6.07, 6.45) is 2.48. The van der Waals surface area contributed by atoms with Crippen LogP contribution in [0.4, 0.5) is 0 Å². The molecule has 0 spiro atoms. The third kappa shape index (κ3) is 4.21. The van der Waals surface area contributed by atoms with Gasteiger partial charge in [0.2, 0.25) is 0 Å². The first kappa shape index (κ1) is 15.8. The Hall–Kier alpha value is -0.570. The predicted molar refractivity (Wildman–Crippen MR) is 87.3 cm³/mol. The molecular formula is C17H27ClN2. The average Bonchev–Trinajstić information content (AvgIpc) is 2.73. The van der Waals surface area contributed by atoms with Gasteiger partial charge in [0.25, 0.3) is 0 Å². The number of halogens is 1. The second-order valence-electron chi connectivity index (χ2n) is 6.14. The van der Waals surface area contributed by atoms with Gasteiger partial charge in [0.1, 0.15) is 0 Å². The molecule has 0 saturated carbocycles. The quantitative estimate of drug-likeness (QED) is 0.849. The highest BCUT2D eigenvalue weighted by Gasteiger charge is 2.26. The van der Waals surface area contributed by atoms with Crippen LogP contribution in [0.15, 0.2) is 24.3 Å². The van der Waals surface area contributed by atoms with E-state index in [0.717, 1.165) is 36.5 Å². The number of nitrogens with one attached hydrogen (secondary N) is 1. The van der Waals surface area contributed by atoms with E-state index in [0.29, 0.717) is 6.04 Å². The molecule has 1 aromatic rings. The van der Waals surface area contributed by atoms with Crippen LogP contribution in [0.25, 0.3) is 0 Å². The molecule has 1 aromatic carbocycles. The van der Waals surface area contributed by atoms with Crippen LogP contribution in [0.5, 0.6) is 0 Å². The summed E-state index contributed by atoms with van der Waals surface area (Å²) >= 11 is 6.12. The van der Waals surface area contributed by atoms with Crippen LogP contribution in [-0.2, 0) is 0 Å². The Labute approximate surface area is 128 Å². The summed E-state index contributed by atoms with van der Waals surface area (Å²) in [5, 5.41) is 4.42. The van der Waals surface area contributed by atoms with Crippen molar-refractivity contribution in [2.45, 2.75) is 45.7 Å².